The van der Waals surface area contributed by atoms with E-state index in [0.29, 0.717) is 5.56 Å². The van der Waals surface area contributed by atoms with Gasteiger partial charge in [-0.2, -0.15) is 0 Å². The molecule has 1 aliphatic heterocycles. The number of ether oxygens (including phenoxy) is 2. The van der Waals surface area contributed by atoms with Gasteiger partial charge in [0.2, 0.25) is 0 Å². The van der Waals surface area contributed by atoms with Crippen molar-refractivity contribution in [2.75, 3.05) is 13.2 Å². The molecule has 5 heteroatoms. The van der Waals surface area contributed by atoms with Crippen LogP contribution >= 0.6 is 0 Å². The highest BCUT2D eigenvalue weighted by Crippen LogP contribution is 2.30. The quantitative estimate of drug-likeness (QED) is 0.922. The average Bonchev–Trinajstić information content (AvgIpc) is 3.13. The van der Waals surface area contributed by atoms with Gasteiger partial charge in [-0.15, -0.1) is 0 Å². The molecule has 1 aromatic heterocycles. The van der Waals surface area contributed by atoms with E-state index in [0.717, 1.165) is 62.4 Å². The Morgan fingerprint density at radius 3 is 2.68 bits per heavy atom. The van der Waals surface area contributed by atoms with Gasteiger partial charge in [-0.25, -0.2) is 0 Å². The summed E-state index contributed by atoms with van der Waals surface area (Å²) < 4.78 is 16.8. The zero-order valence-electron chi connectivity index (χ0n) is 14.2. The van der Waals surface area contributed by atoms with E-state index in [-0.39, 0.29) is 18.1 Å². The van der Waals surface area contributed by atoms with Crippen molar-refractivity contribution in [3.8, 4) is 5.75 Å². The third kappa shape index (κ3) is 3.71. The summed E-state index contributed by atoms with van der Waals surface area (Å²) >= 11 is 0. The largest absolute Gasteiger partial charge is 0.490 e. The standard InChI is InChI=1S/C20H23NO4/c22-20(21-18-2-1-3-19-17(18)10-13-24-19)14-4-6-15(7-5-14)25-16-8-11-23-12-9-16/h4-7,10,13,16,18H,1-3,8-9,11-12H2,(H,21,22). The second kappa shape index (κ2) is 7.31. The predicted molar refractivity (Wildman–Crippen MR) is 92.8 cm³/mol. The van der Waals surface area contributed by atoms with Crippen LogP contribution in [0.1, 0.15) is 53.4 Å². The van der Waals surface area contributed by atoms with Gasteiger partial charge in [0, 0.05) is 30.4 Å². The highest BCUT2D eigenvalue weighted by Gasteiger charge is 2.24. The highest BCUT2D eigenvalue weighted by atomic mass is 16.5. The summed E-state index contributed by atoms with van der Waals surface area (Å²) in [6.07, 6.45) is 6.67. The maximum atomic E-state index is 12.5. The van der Waals surface area contributed by atoms with Crippen LogP contribution in [0, 0.1) is 0 Å². The lowest BCUT2D eigenvalue weighted by Crippen LogP contribution is -2.30. The number of benzene rings is 1. The number of nitrogens with one attached hydrogen (secondary N) is 1. The van der Waals surface area contributed by atoms with E-state index >= 15 is 0 Å². The number of carbonyl (C=O) groups is 1. The molecule has 1 atom stereocenters. The molecule has 1 N–H and O–H groups in total. The number of rotatable bonds is 4. The number of hydrogen-bond acceptors (Lipinski definition) is 4. The van der Waals surface area contributed by atoms with Crippen molar-refractivity contribution in [1.82, 2.24) is 5.32 Å². The minimum atomic E-state index is -0.0586. The van der Waals surface area contributed by atoms with Gasteiger partial charge in [0.1, 0.15) is 17.6 Å². The molecule has 4 rings (SSSR count). The molecule has 0 spiro atoms. The van der Waals surface area contributed by atoms with Crippen molar-refractivity contribution in [2.24, 2.45) is 0 Å². The first-order chi connectivity index (χ1) is 12.3. The number of aryl methyl sites for hydroxylation is 1. The Bertz CT molecular complexity index is 716. The molecule has 25 heavy (non-hydrogen) atoms. The molecular formula is C20H23NO4. The van der Waals surface area contributed by atoms with Gasteiger partial charge in [0.15, 0.2) is 0 Å². The van der Waals surface area contributed by atoms with Crippen molar-refractivity contribution in [3.63, 3.8) is 0 Å². The Balaban J connectivity index is 1.38. The van der Waals surface area contributed by atoms with E-state index in [1.807, 2.05) is 30.3 Å². The SMILES string of the molecule is O=C(NC1CCCc2occc21)c1ccc(OC2CCOCC2)cc1. The lowest BCUT2D eigenvalue weighted by atomic mass is 9.93. The molecule has 1 unspecified atom stereocenters. The molecule has 1 aliphatic carbocycles. The maximum absolute atomic E-state index is 12.5. The van der Waals surface area contributed by atoms with Crippen LogP contribution in [0.5, 0.6) is 5.75 Å². The summed E-state index contributed by atoms with van der Waals surface area (Å²) in [6.45, 7) is 1.51. The molecular weight excluding hydrogens is 318 g/mol. The van der Waals surface area contributed by atoms with Crippen molar-refractivity contribution in [2.45, 2.75) is 44.2 Å². The smallest absolute Gasteiger partial charge is 0.251 e. The Labute approximate surface area is 147 Å². The lowest BCUT2D eigenvalue weighted by Gasteiger charge is -2.24. The van der Waals surface area contributed by atoms with Crippen molar-refractivity contribution < 1.29 is 18.7 Å². The Morgan fingerprint density at radius 1 is 1.08 bits per heavy atom. The molecule has 5 nitrogen and oxygen atoms in total. The zero-order chi connectivity index (χ0) is 17.1. The first-order valence-corrected chi connectivity index (χ1v) is 9.01. The van der Waals surface area contributed by atoms with Crippen LogP contribution in [0.4, 0.5) is 0 Å². The van der Waals surface area contributed by atoms with Crippen LogP contribution in [0.15, 0.2) is 41.0 Å². The molecule has 1 saturated heterocycles. The normalized spacial score (nSPS) is 20.7. The van der Waals surface area contributed by atoms with Crippen LogP contribution in [0.25, 0.3) is 0 Å². The first kappa shape index (κ1) is 16.2. The highest BCUT2D eigenvalue weighted by molar-refractivity contribution is 5.94. The van der Waals surface area contributed by atoms with Crippen LogP contribution < -0.4 is 10.1 Å². The van der Waals surface area contributed by atoms with Crippen molar-refractivity contribution in [3.05, 3.63) is 53.5 Å². The number of hydrogen-bond donors (Lipinski definition) is 1. The monoisotopic (exact) mass is 341 g/mol. The molecule has 2 aliphatic rings. The Kier molecular flexibility index (Phi) is 4.74. The molecule has 1 amide bonds. The molecule has 1 aromatic carbocycles. The number of fused-ring (bicyclic) bond motifs is 1. The van der Waals surface area contributed by atoms with Gasteiger partial charge >= 0.3 is 0 Å². The van der Waals surface area contributed by atoms with Crippen molar-refractivity contribution in [1.29, 1.82) is 0 Å². The first-order valence-electron chi connectivity index (χ1n) is 9.01. The van der Waals surface area contributed by atoms with Gasteiger partial charge in [0.25, 0.3) is 5.91 Å². The number of furan rings is 1. The summed E-state index contributed by atoms with van der Waals surface area (Å²) in [5.74, 6) is 1.74. The number of carbonyl (C=O) groups excluding carboxylic acids is 1. The molecule has 132 valence electrons. The van der Waals surface area contributed by atoms with Crippen LogP contribution in [-0.2, 0) is 11.2 Å². The predicted octanol–water partition coefficient (Wildman–Crippen LogP) is 3.64. The second-order valence-corrected chi connectivity index (χ2v) is 6.67. The molecule has 0 bridgehead atoms. The summed E-state index contributed by atoms with van der Waals surface area (Å²) in [4.78, 5) is 12.5. The molecule has 1 fully saturated rings. The van der Waals surface area contributed by atoms with E-state index in [1.54, 1.807) is 6.26 Å². The van der Waals surface area contributed by atoms with E-state index in [9.17, 15) is 4.79 Å². The molecule has 2 aromatic rings. The number of amides is 1. The van der Waals surface area contributed by atoms with Gasteiger partial charge < -0.3 is 19.2 Å². The fourth-order valence-corrected chi connectivity index (χ4v) is 3.55. The molecule has 0 radical (unpaired) electrons. The molecule has 0 saturated carbocycles. The van der Waals surface area contributed by atoms with E-state index in [4.69, 9.17) is 13.9 Å². The fourth-order valence-electron chi connectivity index (χ4n) is 3.55. The third-order valence-electron chi connectivity index (χ3n) is 4.94. The van der Waals surface area contributed by atoms with Gasteiger partial charge in [-0.3, -0.25) is 4.79 Å². The Morgan fingerprint density at radius 2 is 1.88 bits per heavy atom. The lowest BCUT2D eigenvalue weighted by molar-refractivity contribution is 0.0256. The second-order valence-electron chi connectivity index (χ2n) is 6.67. The van der Waals surface area contributed by atoms with Crippen LogP contribution in [0.3, 0.4) is 0 Å². The third-order valence-corrected chi connectivity index (χ3v) is 4.94. The zero-order valence-corrected chi connectivity index (χ0v) is 14.2. The van der Waals surface area contributed by atoms with E-state index in [1.165, 1.54) is 0 Å². The topological polar surface area (TPSA) is 60.7 Å². The summed E-state index contributed by atoms with van der Waals surface area (Å²) in [7, 11) is 0. The summed E-state index contributed by atoms with van der Waals surface area (Å²) in [5, 5.41) is 3.12. The maximum Gasteiger partial charge on any atom is 0.251 e. The van der Waals surface area contributed by atoms with E-state index in [2.05, 4.69) is 5.32 Å². The van der Waals surface area contributed by atoms with Crippen molar-refractivity contribution >= 4 is 5.91 Å². The summed E-state index contributed by atoms with van der Waals surface area (Å²) in [6, 6.07) is 9.38. The fraction of sp³-hybridized carbons (Fsp3) is 0.450. The van der Waals surface area contributed by atoms with Gasteiger partial charge in [-0.05, 0) is 43.2 Å². The van der Waals surface area contributed by atoms with Gasteiger partial charge in [0.05, 0.1) is 25.5 Å². The van der Waals surface area contributed by atoms with Gasteiger partial charge in [-0.1, -0.05) is 0 Å². The average molecular weight is 341 g/mol. The van der Waals surface area contributed by atoms with Crippen LogP contribution in [-0.4, -0.2) is 25.2 Å². The minimum absolute atomic E-state index is 0.0353. The van der Waals surface area contributed by atoms with E-state index < -0.39 is 0 Å². The minimum Gasteiger partial charge on any atom is -0.490 e. The Hall–Kier alpha value is -2.27. The van der Waals surface area contributed by atoms with Crippen LogP contribution in [0.2, 0.25) is 0 Å². The molecule has 2 heterocycles. The summed E-state index contributed by atoms with van der Waals surface area (Å²) in [5.41, 5.74) is 1.76.